The highest BCUT2D eigenvalue weighted by atomic mass is 35.5. The van der Waals surface area contributed by atoms with Crippen molar-refractivity contribution in [2.75, 3.05) is 18.4 Å². The lowest BCUT2D eigenvalue weighted by molar-refractivity contribution is -0.130. The van der Waals surface area contributed by atoms with Crippen molar-refractivity contribution in [1.29, 1.82) is 0 Å². The number of alkyl halides is 2. The van der Waals surface area contributed by atoms with Crippen LogP contribution in [-0.2, 0) is 4.79 Å². The summed E-state index contributed by atoms with van der Waals surface area (Å²) in [6, 6.07) is 11.3. The van der Waals surface area contributed by atoms with E-state index < -0.39 is 42.4 Å². The SMILES string of the molecule is O=C(Nc1ccc(Cl)c(Cl)c1)C1CN(C(=O)c2cc(F)cc(-c3ccncc3)c2)CC(F)(F)C1. The number of nitrogens with one attached hydrogen (secondary N) is 1. The molecule has 2 heterocycles. The maximum atomic E-state index is 14.5. The van der Waals surface area contributed by atoms with Crippen molar-refractivity contribution >= 4 is 40.7 Å². The first-order chi connectivity index (χ1) is 16.1. The number of hydrogen-bond donors (Lipinski definition) is 1. The van der Waals surface area contributed by atoms with Gasteiger partial charge in [0.15, 0.2) is 0 Å². The zero-order valence-corrected chi connectivity index (χ0v) is 19.1. The van der Waals surface area contributed by atoms with Gasteiger partial charge >= 0.3 is 0 Å². The molecule has 2 amide bonds. The third-order valence-electron chi connectivity index (χ3n) is 5.41. The van der Waals surface area contributed by atoms with Gasteiger partial charge in [0, 0.05) is 36.6 Å². The topological polar surface area (TPSA) is 62.3 Å². The third kappa shape index (κ3) is 5.51. The predicted molar refractivity (Wildman–Crippen MR) is 124 cm³/mol. The highest BCUT2D eigenvalue weighted by molar-refractivity contribution is 6.42. The van der Waals surface area contributed by atoms with E-state index in [9.17, 15) is 22.8 Å². The van der Waals surface area contributed by atoms with Crippen molar-refractivity contribution in [3.05, 3.63) is 82.4 Å². The van der Waals surface area contributed by atoms with E-state index in [0.717, 1.165) is 11.0 Å². The van der Waals surface area contributed by atoms with Gasteiger partial charge in [-0.3, -0.25) is 14.6 Å². The molecule has 1 aliphatic heterocycles. The van der Waals surface area contributed by atoms with Gasteiger partial charge < -0.3 is 10.2 Å². The summed E-state index contributed by atoms with van der Waals surface area (Å²) in [4.78, 5) is 30.6. The molecule has 0 bridgehead atoms. The first kappa shape index (κ1) is 24.0. The van der Waals surface area contributed by atoms with E-state index in [2.05, 4.69) is 10.3 Å². The Bertz CT molecular complexity index is 1240. The number of carbonyl (C=O) groups is 2. The molecule has 176 valence electrons. The van der Waals surface area contributed by atoms with E-state index in [1.54, 1.807) is 12.1 Å². The van der Waals surface area contributed by atoms with Gasteiger partial charge in [0.1, 0.15) is 5.82 Å². The van der Waals surface area contributed by atoms with E-state index in [-0.39, 0.29) is 22.2 Å². The maximum Gasteiger partial charge on any atom is 0.266 e. The fourth-order valence-electron chi connectivity index (χ4n) is 3.85. The van der Waals surface area contributed by atoms with Gasteiger partial charge in [-0.2, -0.15) is 0 Å². The Morgan fingerprint density at radius 1 is 1.00 bits per heavy atom. The van der Waals surface area contributed by atoms with Crippen LogP contribution in [0.1, 0.15) is 16.8 Å². The molecule has 1 unspecified atom stereocenters. The number of hydrogen-bond acceptors (Lipinski definition) is 3. The summed E-state index contributed by atoms with van der Waals surface area (Å²) >= 11 is 11.8. The molecule has 34 heavy (non-hydrogen) atoms. The molecule has 1 aliphatic rings. The predicted octanol–water partition coefficient (Wildman–Crippen LogP) is 5.93. The summed E-state index contributed by atoms with van der Waals surface area (Å²) in [6.45, 7) is -1.12. The zero-order valence-electron chi connectivity index (χ0n) is 17.6. The summed E-state index contributed by atoms with van der Waals surface area (Å²) in [5, 5.41) is 3.01. The summed E-state index contributed by atoms with van der Waals surface area (Å²) in [5.41, 5.74) is 1.22. The maximum absolute atomic E-state index is 14.5. The lowest BCUT2D eigenvalue weighted by Gasteiger charge is -2.37. The highest BCUT2D eigenvalue weighted by Gasteiger charge is 2.44. The van der Waals surface area contributed by atoms with Crippen LogP contribution >= 0.6 is 23.2 Å². The van der Waals surface area contributed by atoms with Gasteiger partial charge in [0.2, 0.25) is 5.91 Å². The number of aromatic nitrogens is 1. The van der Waals surface area contributed by atoms with Crippen LogP contribution in [0.3, 0.4) is 0 Å². The largest absolute Gasteiger partial charge is 0.332 e. The Balaban J connectivity index is 1.55. The Morgan fingerprint density at radius 2 is 1.74 bits per heavy atom. The average molecular weight is 508 g/mol. The first-order valence-electron chi connectivity index (χ1n) is 10.3. The molecule has 1 aromatic heterocycles. The number of amides is 2. The molecule has 0 spiro atoms. The molecule has 1 atom stereocenters. The second-order valence-corrected chi connectivity index (χ2v) is 8.84. The van der Waals surface area contributed by atoms with Gasteiger partial charge in [0.05, 0.1) is 22.5 Å². The van der Waals surface area contributed by atoms with Crippen molar-refractivity contribution < 1.29 is 22.8 Å². The first-order valence-corrected chi connectivity index (χ1v) is 11.0. The number of pyridine rings is 1. The zero-order chi connectivity index (χ0) is 24.5. The normalized spacial score (nSPS) is 17.3. The molecular formula is C24H18Cl2F3N3O2. The number of anilines is 1. The molecular weight excluding hydrogens is 490 g/mol. The quantitative estimate of drug-likeness (QED) is 0.475. The second kappa shape index (κ2) is 9.64. The summed E-state index contributed by atoms with van der Waals surface area (Å²) < 4.78 is 43.3. The molecule has 4 rings (SSSR count). The minimum absolute atomic E-state index is 0.0897. The van der Waals surface area contributed by atoms with Crippen LogP contribution in [0.15, 0.2) is 60.9 Å². The van der Waals surface area contributed by atoms with Crippen molar-refractivity contribution in [3.63, 3.8) is 0 Å². The standard InChI is InChI=1S/C24H18Cl2F3N3O2/c25-20-2-1-19(10-21(20)26)31-22(33)17-11-24(28,29)13-32(12-17)23(34)16-7-15(8-18(27)9-16)14-3-5-30-6-4-14/h1-10,17H,11-13H2,(H,31,33). The molecule has 3 aromatic rings. The highest BCUT2D eigenvalue weighted by Crippen LogP contribution is 2.33. The number of nitrogens with zero attached hydrogens (tertiary/aromatic N) is 2. The number of rotatable bonds is 4. The number of halogens is 5. The van der Waals surface area contributed by atoms with Gasteiger partial charge in [-0.25, -0.2) is 13.2 Å². The molecule has 0 aliphatic carbocycles. The number of carbonyl (C=O) groups excluding carboxylic acids is 2. The third-order valence-corrected chi connectivity index (χ3v) is 6.15. The fourth-order valence-corrected chi connectivity index (χ4v) is 4.15. The number of benzene rings is 2. The molecule has 1 saturated heterocycles. The van der Waals surface area contributed by atoms with E-state index in [0.29, 0.717) is 16.8 Å². The fraction of sp³-hybridized carbons (Fsp3) is 0.208. The van der Waals surface area contributed by atoms with Gasteiger partial charge in [-0.05, 0) is 59.7 Å². The Labute approximate surface area is 203 Å². The van der Waals surface area contributed by atoms with Crippen LogP contribution < -0.4 is 5.32 Å². The number of piperidine rings is 1. The van der Waals surface area contributed by atoms with Crippen LogP contribution in [0.4, 0.5) is 18.9 Å². The second-order valence-electron chi connectivity index (χ2n) is 8.03. The Hall–Kier alpha value is -3.10. The van der Waals surface area contributed by atoms with Gasteiger partial charge in [0.25, 0.3) is 11.8 Å². The molecule has 1 fully saturated rings. The minimum Gasteiger partial charge on any atom is -0.332 e. The van der Waals surface area contributed by atoms with Gasteiger partial charge in [-0.15, -0.1) is 0 Å². The molecule has 5 nitrogen and oxygen atoms in total. The lowest BCUT2D eigenvalue weighted by Crippen LogP contribution is -2.52. The van der Waals surface area contributed by atoms with Crippen LogP contribution in [0.2, 0.25) is 10.0 Å². The van der Waals surface area contributed by atoms with Crippen LogP contribution in [-0.4, -0.2) is 40.7 Å². The smallest absolute Gasteiger partial charge is 0.266 e. The molecule has 10 heteroatoms. The summed E-state index contributed by atoms with van der Waals surface area (Å²) in [5.74, 6) is -6.64. The summed E-state index contributed by atoms with van der Waals surface area (Å²) in [6.07, 6.45) is 2.31. The van der Waals surface area contributed by atoms with E-state index in [1.807, 2.05) is 0 Å². The minimum atomic E-state index is -3.30. The molecule has 0 radical (unpaired) electrons. The molecule has 0 saturated carbocycles. The van der Waals surface area contributed by atoms with Crippen molar-refractivity contribution in [1.82, 2.24) is 9.88 Å². The Kier molecular flexibility index (Phi) is 6.81. The molecule has 2 aromatic carbocycles. The van der Waals surface area contributed by atoms with Crippen molar-refractivity contribution in [2.45, 2.75) is 12.3 Å². The van der Waals surface area contributed by atoms with Crippen LogP contribution in [0, 0.1) is 11.7 Å². The van der Waals surface area contributed by atoms with E-state index >= 15 is 0 Å². The monoisotopic (exact) mass is 507 g/mol. The Morgan fingerprint density at radius 3 is 2.44 bits per heavy atom. The van der Waals surface area contributed by atoms with Crippen molar-refractivity contribution in [2.24, 2.45) is 5.92 Å². The number of likely N-dealkylation sites (tertiary alicyclic amines) is 1. The van der Waals surface area contributed by atoms with Gasteiger partial charge in [-0.1, -0.05) is 23.2 Å². The summed E-state index contributed by atoms with van der Waals surface area (Å²) in [7, 11) is 0. The van der Waals surface area contributed by atoms with Crippen molar-refractivity contribution in [3.8, 4) is 11.1 Å². The average Bonchev–Trinajstić information content (AvgIpc) is 2.80. The van der Waals surface area contributed by atoms with Crippen LogP contribution in [0.5, 0.6) is 0 Å². The van der Waals surface area contributed by atoms with E-state index in [1.165, 1.54) is 42.7 Å². The van der Waals surface area contributed by atoms with Crippen LogP contribution in [0.25, 0.3) is 11.1 Å². The van der Waals surface area contributed by atoms with E-state index in [4.69, 9.17) is 23.2 Å². The molecule has 1 N–H and O–H groups in total. The lowest BCUT2D eigenvalue weighted by atomic mass is 9.93.